The van der Waals surface area contributed by atoms with E-state index in [0.29, 0.717) is 31.0 Å². The maximum Gasteiger partial charge on any atom is 0.254 e. The van der Waals surface area contributed by atoms with Crippen molar-refractivity contribution in [3.05, 3.63) is 72.6 Å². The van der Waals surface area contributed by atoms with Gasteiger partial charge in [0.15, 0.2) is 0 Å². The van der Waals surface area contributed by atoms with Crippen LogP contribution in [0.4, 0.5) is 5.82 Å². The van der Waals surface area contributed by atoms with E-state index >= 15 is 0 Å². The van der Waals surface area contributed by atoms with Crippen LogP contribution < -0.4 is 9.62 Å². The molecule has 1 aromatic carbocycles. The Bertz CT molecular complexity index is 1480. The van der Waals surface area contributed by atoms with Crippen LogP contribution in [0.25, 0.3) is 11.0 Å². The van der Waals surface area contributed by atoms with Gasteiger partial charge >= 0.3 is 0 Å². The molecule has 1 amide bonds. The van der Waals surface area contributed by atoms with Crippen LogP contribution in [0, 0.1) is 0 Å². The number of furan rings is 1. The first kappa shape index (κ1) is 21.8. The molecule has 35 heavy (non-hydrogen) atoms. The van der Waals surface area contributed by atoms with Gasteiger partial charge < -0.3 is 19.2 Å². The Morgan fingerprint density at radius 2 is 1.94 bits per heavy atom. The number of anilines is 1. The predicted molar refractivity (Wildman–Crippen MR) is 128 cm³/mol. The Balaban J connectivity index is 1.16. The molecule has 1 spiro atoms. The molecule has 2 N–H and O–H groups in total. The fraction of sp³-hybridized carbons (Fsp3) is 0.292. The first-order chi connectivity index (χ1) is 17.0. The van der Waals surface area contributed by atoms with E-state index in [1.165, 1.54) is 18.4 Å². The Hall–Kier alpha value is -3.70. The summed E-state index contributed by atoms with van der Waals surface area (Å²) in [6.07, 6.45) is 6.76. The van der Waals surface area contributed by atoms with Gasteiger partial charge in [-0.3, -0.25) is 4.79 Å². The lowest BCUT2D eigenvalue weighted by Crippen LogP contribution is -2.57. The normalized spacial score (nSPS) is 17.3. The zero-order chi connectivity index (χ0) is 24.0. The molecule has 2 aliphatic rings. The minimum Gasteiger partial charge on any atom is -0.468 e. The summed E-state index contributed by atoms with van der Waals surface area (Å²) in [6, 6.07) is 11.5. The molecule has 4 heterocycles. The van der Waals surface area contributed by atoms with Crippen LogP contribution in [-0.2, 0) is 16.6 Å². The average molecular weight is 493 g/mol. The lowest BCUT2D eigenvalue weighted by Gasteiger charge is -2.42. The molecule has 1 aliphatic heterocycles. The van der Waals surface area contributed by atoms with Gasteiger partial charge in [-0.25, -0.2) is 23.1 Å². The zero-order valence-corrected chi connectivity index (χ0v) is 19.7. The van der Waals surface area contributed by atoms with Crippen LogP contribution in [0.3, 0.4) is 0 Å². The van der Waals surface area contributed by atoms with E-state index in [2.05, 4.69) is 24.6 Å². The third kappa shape index (κ3) is 3.96. The van der Waals surface area contributed by atoms with Gasteiger partial charge in [-0.1, -0.05) is 0 Å². The molecule has 1 aliphatic carbocycles. The highest BCUT2D eigenvalue weighted by molar-refractivity contribution is 7.89. The maximum atomic E-state index is 13.4. The van der Waals surface area contributed by atoms with Crippen molar-refractivity contribution in [2.75, 3.05) is 24.5 Å². The van der Waals surface area contributed by atoms with Gasteiger partial charge in [0.25, 0.3) is 5.91 Å². The van der Waals surface area contributed by atoms with E-state index in [4.69, 9.17) is 4.42 Å². The van der Waals surface area contributed by atoms with Crippen molar-refractivity contribution in [2.45, 2.75) is 29.8 Å². The minimum absolute atomic E-state index is 0.0597. The molecule has 0 unspecified atom stereocenters. The Kier molecular flexibility index (Phi) is 5.11. The average Bonchev–Trinajstić information content (AvgIpc) is 3.27. The molecular formula is C24H24N6O4S. The number of carbonyl (C=O) groups is 1. The third-order valence-corrected chi connectivity index (χ3v) is 8.20. The largest absolute Gasteiger partial charge is 0.468 e. The van der Waals surface area contributed by atoms with Crippen molar-refractivity contribution in [1.29, 1.82) is 0 Å². The van der Waals surface area contributed by atoms with Gasteiger partial charge in [0.05, 0.1) is 28.6 Å². The highest BCUT2D eigenvalue weighted by atomic mass is 32.2. The number of hydrogen-bond donors (Lipinski definition) is 2. The predicted octanol–water partition coefficient (Wildman–Crippen LogP) is 2.52. The number of carbonyl (C=O) groups excluding carboxylic acids is 1. The molecule has 2 fully saturated rings. The molecule has 6 rings (SSSR count). The van der Waals surface area contributed by atoms with Crippen LogP contribution in [0.2, 0.25) is 0 Å². The molecule has 10 nitrogen and oxygen atoms in total. The summed E-state index contributed by atoms with van der Waals surface area (Å²) in [5.41, 5.74) is 1.05. The standard InChI is InChI=1S/C24H24N6O4S/c31-23(17-3-5-19(6-4-17)35(32,33)28-14-18-2-1-13-34-18)30-12-11-29(15-24(30)8-9-24)22-20-7-10-25-21(20)26-16-27-22/h1-7,10,13,16,28H,8-9,11-12,14-15H2,(H,25,26,27). The van der Waals surface area contributed by atoms with Crippen molar-refractivity contribution in [1.82, 2.24) is 24.6 Å². The van der Waals surface area contributed by atoms with Crippen LogP contribution in [0.1, 0.15) is 29.0 Å². The first-order valence-corrected chi connectivity index (χ1v) is 12.9. The molecule has 3 aromatic heterocycles. The van der Waals surface area contributed by atoms with Gasteiger partial charge in [0.2, 0.25) is 10.0 Å². The lowest BCUT2D eigenvalue weighted by atomic mass is 10.1. The number of piperazine rings is 1. The molecule has 4 aromatic rings. The first-order valence-electron chi connectivity index (χ1n) is 11.4. The van der Waals surface area contributed by atoms with Gasteiger partial charge in [0, 0.05) is 31.4 Å². The van der Waals surface area contributed by atoms with Gasteiger partial charge in [0.1, 0.15) is 23.6 Å². The summed E-state index contributed by atoms with van der Waals surface area (Å²) in [5.74, 6) is 1.32. The smallest absolute Gasteiger partial charge is 0.254 e. The van der Waals surface area contributed by atoms with Crippen molar-refractivity contribution in [3.8, 4) is 0 Å². The summed E-state index contributed by atoms with van der Waals surface area (Å²) in [6.45, 7) is 2.00. The number of benzene rings is 1. The number of hydrogen-bond acceptors (Lipinski definition) is 7. The van der Waals surface area contributed by atoms with Crippen molar-refractivity contribution in [3.63, 3.8) is 0 Å². The summed E-state index contributed by atoms with van der Waals surface area (Å²) >= 11 is 0. The number of aromatic nitrogens is 3. The number of nitrogens with zero attached hydrogens (tertiary/aromatic N) is 4. The van der Waals surface area contributed by atoms with Crippen LogP contribution in [0.5, 0.6) is 0 Å². The Morgan fingerprint density at radius 3 is 2.69 bits per heavy atom. The molecule has 0 atom stereocenters. The summed E-state index contributed by atoms with van der Waals surface area (Å²) in [5, 5.41) is 0.973. The van der Waals surface area contributed by atoms with E-state index in [1.54, 1.807) is 30.6 Å². The molecule has 1 saturated carbocycles. The fourth-order valence-electron chi connectivity index (χ4n) is 4.75. The lowest BCUT2D eigenvalue weighted by molar-refractivity contribution is 0.0624. The number of sulfonamides is 1. The second-order valence-electron chi connectivity index (χ2n) is 8.97. The van der Waals surface area contributed by atoms with E-state index in [0.717, 1.165) is 29.7 Å². The number of amides is 1. The molecule has 1 saturated heterocycles. The molecule has 0 bridgehead atoms. The minimum atomic E-state index is -3.72. The Labute approximate surface area is 202 Å². The Morgan fingerprint density at radius 1 is 1.11 bits per heavy atom. The number of nitrogens with one attached hydrogen (secondary N) is 2. The maximum absolute atomic E-state index is 13.4. The third-order valence-electron chi connectivity index (χ3n) is 6.78. The summed E-state index contributed by atoms with van der Waals surface area (Å²) < 4.78 is 32.9. The number of aromatic amines is 1. The van der Waals surface area contributed by atoms with Crippen LogP contribution in [0.15, 0.2) is 70.6 Å². The molecule has 11 heteroatoms. The topological polar surface area (TPSA) is 124 Å². The van der Waals surface area contributed by atoms with E-state index in [1.807, 2.05) is 17.2 Å². The highest BCUT2D eigenvalue weighted by Gasteiger charge is 2.53. The van der Waals surface area contributed by atoms with Crippen LogP contribution >= 0.6 is 0 Å². The monoisotopic (exact) mass is 492 g/mol. The number of fused-ring (bicyclic) bond motifs is 1. The second kappa shape index (κ2) is 8.21. The zero-order valence-electron chi connectivity index (χ0n) is 18.8. The van der Waals surface area contributed by atoms with Crippen molar-refractivity contribution in [2.24, 2.45) is 0 Å². The quantitative estimate of drug-likeness (QED) is 0.424. The SMILES string of the molecule is O=C(c1ccc(S(=O)(=O)NCc2ccco2)cc1)N1CCN(c2ncnc3[nH]ccc23)CC12CC2. The van der Waals surface area contributed by atoms with Crippen molar-refractivity contribution < 1.29 is 17.6 Å². The summed E-state index contributed by atoms with van der Waals surface area (Å²) in [7, 11) is -3.72. The van der Waals surface area contributed by atoms with Gasteiger partial charge in [-0.05, 0) is 55.3 Å². The van der Waals surface area contributed by atoms with Crippen LogP contribution in [-0.4, -0.2) is 59.4 Å². The van der Waals surface area contributed by atoms with E-state index in [9.17, 15) is 13.2 Å². The highest BCUT2D eigenvalue weighted by Crippen LogP contribution is 2.46. The number of rotatable bonds is 6. The summed E-state index contributed by atoms with van der Waals surface area (Å²) in [4.78, 5) is 29.6. The van der Waals surface area contributed by atoms with Crippen molar-refractivity contribution >= 4 is 32.8 Å². The molecular weight excluding hydrogens is 468 g/mol. The molecule has 180 valence electrons. The number of H-pyrrole nitrogens is 1. The van der Waals surface area contributed by atoms with Gasteiger partial charge in [-0.2, -0.15) is 0 Å². The second-order valence-corrected chi connectivity index (χ2v) is 10.7. The van der Waals surface area contributed by atoms with Gasteiger partial charge in [-0.15, -0.1) is 0 Å². The molecule has 0 radical (unpaired) electrons. The van der Waals surface area contributed by atoms with E-state index < -0.39 is 10.0 Å². The van der Waals surface area contributed by atoms with E-state index in [-0.39, 0.29) is 22.9 Å². The fourth-order valence-corrected chi connectivity index (χ4v) is 5.75.